The Bertz CT molecular complexity index is 965. The first-order chi connectivity index (χ1) is 16.4. The molecule has 0 radical (unpaired) electrons. The molecule has 4 rings (SSSR count). The van der Waals surface area contributed by atoms with E-state index in [1.54, 1.807) is 4.90 Å². The maximum atomic E-state index is 11.6. The van der Waals surface area contributed by atoms with Gasteiger partial charge in [-0.1, -0.05) is 29.8 Å². The lowest BCUT2D eigenvalue weighted by atomic mass is 9.96. The number of carbonyl (C=O) groups is 1. The fourth-order valence-electron chi connectivity index (χ4n) is 4.66. The molecular weight excluding hydrogens is 430 g/mol. The topological polar surface area (TPSA) is 74.3 Å². The summed E-state index contributed by atoms with van der Waals surface area (Å²) >= 11 is 0. The highest BCUT2D eigenvalue weighted by molar-refractivity contribution is 5.76. The Balaban J connectivity index is 1.22. The van der Waals surface area contributed by atoms with Crippen molar-refractivity contribution >= 4 is 6.03 Å². The number of aryl methyl sites for hydroxylation is 2. The van der Waals surface area contributed by atoms with Gasteiger partial charge in [-0.15, -0.1) is 0 Å². The first-order valence-corrected chi connectivity index (χ1v) is 12.3. The number of aliphatic hydroxyl groups is 1. The van der Waals surface area contributed by atoms with Crippen LogP contribution in [0.2, 0.25) is 0 Å². The first-order valence-electron chi connectivity index (χ1n) is 12.3. The molecule has 7 nitrogen and oxygen atoms in total. The van der Waals surface area contributed by atoms with E-state index in [1.807, 2.05) is 31.2 Å². The fraction of sp³-hybridized carbons (Fsp3) is 0.519. The average molecular weight is 468 g/mol. The van der Waals surface area contributed by atoms with E-state index in [0.717, 1.165) is 56.1 Å². The van der Waals surface area contributed by atoms with Gasteiger partial charge in [-0.05, 0) is 69.0 Å². The van der Waals surface area contributed by atoms with E-state index < -0.39 is 5.60 Å². The Morgan fingerprint density at radius 3 is 2.59 bits per heavy atom. The number of rotatable bonds is 9. The standard InChI is InChI=1S/C27H37N3O4/c1-21-4-9-25(22(2)18-21)34-20-27(32)10-3-13-29(14-11-27)19-23-5-7-24(8-6-23)33-17-16-30-15-12-28-26(30)31/h4-9,18,32H,3,10-17,19-20H2,1-2H3,(H,28,31)/t27-/m1/s1. The molecule has 0 spiro atoms. The Hall–Kier alpha value is -2.77. The molecule has 0 unspecified atom stereocenters. The van der Waals surface area contributed by atoms with Gasteiger partial charge in [-0.2, -0.15) is 0 Å². The molecule has 2 aliphatic rings. The second-order valence-electron chi connectivity index (χ2n) is 9.62. The van der Waals surface area contributed by atoms with Crippen molar-refractivity contribution in [1.82, 2.24) is 15.1 Å². The van der Waals surface area contributed by atoms with Crippen molar-refractivity contribution in [3.63, 3.8) is 0 Å². The van der Waals surface area contributed by atoms with Crippen molar-refractivity contribution in [3.8, 4) is 11.5 Å². The molecule has 2 aromatic rings. The molecule has 2 amide bonds. The molecule has 34 heavy (non-hydrogen) atoms. The quantitative estimate of drug-likeness (QED) is 0.591. The van der Waals surface area contributed by atoms with E-state index in [4.69, 9.17) is 9.47 Å². The van der Waals surface area contributed by atoms with Gasteiger partial charge in [-0.25, -0.2) is 4.79 Å². The van der Waals surface area contributed by atoms with Gasteiger partial charge in [0, 0.05) is 26.2 Å². The van der Waals surface area contributed by atoms with Crippen molar-refractivity contribution in [3.05, 3.63) is 59.2 Å². The van der Waals surface area contributed by atoms with E-state index in [2.05, 4.69) is 35.3 Å². The molecule has 7 heteroatoms. The summed E-state index contributed by atoms with van der Waals surface area (Å²) in [5, 5.41) is 14.0. The number of nitrogens with zero attached hydrogens (tertiary/aromatic N) is 2. The molecule has 184 valence electrons. The number of carbonyl (C=O) groups excluding carboxylic acids is 1. The summed E-state index contributed by atoms with van der Waals surface area (Å²) in [6.07, 6.45) is 2.39. The molecule has 2 aliphatic heterocycles. The molecule has 2 N–H and O–H groups in total. The largest absolute Gasteiger partial charge is 0.492 e. The van der Waals surface area contributed by atoms with Gasteiger partial charge < -0.3 is 24.8 Å². The third kappa shape index (κ3) is 6.64. The van der Waals surface area contributed by atoms with Crippen molar-refractivity contribution in [2.45, 2.75) is 45.3 Å². The van der Waals surface area contributed by atoms with Crippen LogP contribution >= 0.6 is 0 Å². The van der Waals surface area contributed by atoms with Crippen LogP contribution in [0.4, 0.5) is 4.79 Å². The summed E-state index contributed by atoms with van der Waals surface area (Å²) in [6, 6.07) is 14.3. The van der Waals surface area contributed by atoms with Gasteiger partial charge in [0.2, 0.25) is 0 Å². The number of urea groups is 1. The van der Waals surface area contributed by atoms with Crippen molar-refractivity contribution in [2.75, 3.05) is 45.9 Å². The minimum atomic E-state index is -0.796. The number of ether oxygens (including phenoxy) is 2. The molecule has 0 bridgehead atoms. The maximum absolute atomic E-state index is 11.6. The summed E-state index contributed by atoms with van der Waals surface area (Å²) in [4.78, 5) is 15.7. The summed E-state index contributed by atoms with van der Waals surface area (Å²) in [6.45, 7) is 9.62. The van der Waals surface area contributed by atoms with Crippen molar-refractivity contribution in [2.24, 2.45) is 0 Å². The molecule has 1 atom stereocenters. The minimum absolute atomic E-state index is 0.0138. The lowest BCUT2D eigenvalue weighted by molar-refractivity contribution is -0.0170. The monoisotopic (exact) mass is 467 g/mol. The van der Waals surface area contributed by atoms with E-state index >= 15 is 0 Å². The number of amides is 2. The lowest BCUT2D eigenvalue weighted by Gasteiger charge is -2.27. The number of nitrogens with one attached hydrogen (secondary N) is 1. The molecule has 2 heterocycles. The van der Waals surface area contributed by atoms with Gasteiger partial charge >= 0.3 is 6.03 Å². The second kappa shape index (κ2) is 11.1. The Morgan fingerprint density at radius 2 is 1.85 bits per heavy atom. The third-order valence-corrected chi connectivity index (χ3v) is 6.74. The van der Waals surface area contributed by atoms with Crippen LogP contribution in [0.25, 0.3) is 0 Å². The zero-order chi connectivity index (χ0) is 24.0. The second-order valence-corrected chi connectivity index (χ2v) is 9.62. The molecule has 2 aromatic carbocycles. The number of hydrogen-bond donors (Lipinski definition) is 2. The number of benzene rings is 2. The van der Waals surface area contributed by atoms with E-state index in [1.165, 1.54) is 11.1 Å². The Morgan fingerprint density at radius 1 is 1.03 bits per heavy atom. The zero-order valence-electron chi connectivity index (χ0n) is 20.4. The predicted octanol–water partition coefficient (Wildman–Crippen LogP) is 3.50. The average Bonchev–Trinajstić information content (AvgIpc) is 3.13. The molecule has 2 saturated heterocycles. The number of hydrogen-bond acceptors (Lipinski definition) is 5. The van der Waals surface area contributed by atoms with Crippen LogP contribution in [0.1, 0.15) is 36.0 Å². The highest BCUT2D eigenvalue weighted by Gasteiger charge is 2.31. The van der Waals surface area contributed by atoms with Crippen LogP contribution in [0.15, 0.2) is 42.5 Å². The summed E-state index contributed by atoms with van der Waals surface area (Å²) in [5.41, 5.74) is 2.75. The van der Waals surface area contributed by atoms with Crippen LogP contribution in [0, 0.1) is 13.8 Å². The minimum Gasteiger partial charge on any atom is -0.492 e. The highest BCUT2D eigenvalue weighted by atomic mass is 16.5. The van der Waals surface area contributed by atoms with Crippen molar-refractivity contribution < 1.29 is 19.4 Å². The normalized spacial score (nSPS) is 21.3. The molecule has 0 saturated carbocycles. The third-order valence-electron chi connectivity index (χ3n) is 6.74. The van der Waals surface area contributed by atoms with E-state index in [0.29, 0.717) is 32.7 Å². The molecule has 2 fully saturated rings. The van der Waals surface area contributed by atoms with E-state index in [9.17, 15) is 9.90 Å². The van der Waals surface area contributed by atoms with Gasteiger partial charge in [0.1, 0.15) is 24.7 Å². The molecule has 0 aromatic heterocycles. The van der Waals surface area contributed by atoms with Crippen LogP contribution in [-0.2, 0) is 6.54 Å². The van der Waals surface area contributed by atoms with Crippen molar-refractivity contribution in [1.29, 1.82) is 0 Å². The summed E-state index contributed by atoms with van der Waals surface area (Å²) < 4.78 is 11.8. The summed E-state index contributed by atoms with van der Waals surface area (Å²) in [5.74, 6) is 1.67. The molecule has 0 aliphatic carbocycles. The smallest absolute Gasteiger partial charge is 0.317 e. The van der Waals surface area contributed by atoms with Gasteiger partial charge in [0.05, 0.1) is 12.1 Å². The van der Waals surface area contributed by atoms with Gasteiger partial charge in [-0.3, -0.25) is 4.90 Å². The molecular formula is C27H37N3O4. The van der Waals surface area contributed by atoms with Crippen LogP contribution in [-0.4, -0.2) is 72.5 Å². The Kier molecular flexibility index (Phi) is 7.95. The van der Waals surface area contributed by atoms with Gasteiger partial charge in [0.15, 0.2) is 0 Å². The SMILES string of the molecule is Cc1ccc(OC[C@@]2(O)CCCN(Cc3ccc(OCCN4CCNC4=O)cc3)CC2)c(C)c1. The number of likely N-dealkylation sites (tertiary alicyclic amines) is 1. The fourth-order valence-corrected chi connectivity index (χ4v) is 4.66. The lowest BCUT2D eigenvalue weighted by Crippen LogP contribution is -2.37. The van der Waals surface area contributed by atoms with Crippen LogP contribution < -0.4 is 14.8 Å². The van der Waals surface area contributed by atoms with Crippen LogP contribution in [0.5, 0.6) is 11.5 Å². The van der Waals surface area contributed by atoms with E-state index in [-0.39, 0.29) is 6.03 Å². The van der Waals surface area contributed by atoms with Gasteiger partial charge in [0.25, 0.3) is 0 Å². The first kappa shape index (κ1) is 24.4. The zero-order valence-corrected chi connectivity index (χ0v) is 20.4. The Labute approximate surface area is 202 Å². The highest BCUT2D eigenvalue weighted by Crippen LogP contribution is 2.26. The predicted molar refractivity (Wildman–Crippen MR) is 132 cm³/mol. The van der Waals surface area contributed by atoms with Crippen LogP contribution in [0.3, 0.4) is 0 Å². The maximum Gasteiger partial charge on any atom is 0.317 e. The summed E-state index contributed by atoms with van der Waals surface area (Å²) in [7, 11) is 0.